The van der Waals surface area contributed by atoms with E-state index in [1.807, 2.05) is 36.4 Å². The quantitative estimate of drug-likeness (QED) is 0.459. The second-order valence-electron chi connectivity index (χ2n) is 5.10. The van der Waals surface area contributed by atoms with Gasteiger partial charge < -0.3 is 0 Å². The zero-order valence-corrected chi connectivity index (χ0v) is 12.9. The van der Waals surface area contributed by atoms with E-state index in [9.17, 15) is 0 Å². The fraction of sp³-hybridized carbons (Fsp3) is 0.0500. The molecule has 0 atom stereocenters. The molecular weight excluding hydrogens is 290 g/mol. The molecule has 106 valence electrons. The van der Waals surface area contributed by atoms with Crippen LogP contribution in [-0.4, -0.2) is 4.98 Å². The minimum absolute atomic E-state index is 0.359. The van der Waals surface area contributed by atoms with Gasteiger partial charge in [0.1, 0.15) is 5.15 Å². The fourth-order valence-electron chi connectivity index (χ4n) is 2.36. The Balaban J connectivity index is 2.27. The van der Waals surface area contributed by atoms with Crippen molar-refractivity contribution in [3.63, 3.8) is 0 Å². The standard InChI is InChI=1S/C20H14ClN/c1-3-15-13-18(16-11-9-14(2)10-12-16)19(22-20(15)21)17-7-5-4-6-8-17/h1,4-13H,2H3. The van der Waals surface area contributed by atoms with E-state index in [1.165, 1.54) is 5.56 Å². The Labute approximate surface area is 135 Å². The average Bonchev–Trinajstić information content (AvgIpc) is 2.56. The van der Waals surface area contributed by atoms with E-state index in [0.29, 0.717) is 10.7 Å². The number of terminal acetylenes is 1. The van der Waals surface area contributed by atoms with Crippen molar-refractivity contribution in [3.8, 4) is 34.7 Å². The molecule has 3 rings (SSSR count). The minimum atomic E-state index is 0.359. The molecule has 0 aliphatic carbocycles. The molecular formula is C20H14ClN. The summed E-state index contributed by atoms with van der Waals surface area (Å²) in [5.74, 6) is 2.60. The van der Waals surface area contributed by atoms with Crippen molar-refractivity contribution in [1.82, 2.24) is 4.98 Å². The van der Waals surface area contributed by atoms with E-state index in [2.05, 4.69) is 42.1 Å². The van der Waals surface area contributed by atoms with E-state index in [0.717, 1.165) is 22.4 Å². The maximum Gasteiger partial charge on any atom is 0.145 e. The summed E-state index contributed by atoms with van der Waals surface area (Å²) < 4.78 is 0. The molecule has 1 nitrogen and oxygen atoms in total. The van der Waals surface area contributed by atoms with E-state index in [4.69, 9.17) is 18.0 Å². The van der Waals surface area contributed by atoms with Crippen LogP contribution in [0.25, 0.3) is 22.4 Å². The van der Waals surface area contributed by atoms with Crippen LogP contribution in [0, 0.1) is 19.3 Å². The molecule has 0 spiro atoms. The van der Waals surface area contributed by atoms with Crippen LogP contribution in [0.4, 0.5) is 0 Å². The van der Waals surface area contributed by atoms with E-state index < -0.39 is 0 Å². The Bertz CT molecular complexity index is 843. The maximum absolute atomic E-state index is 6.21. The minimum Gasteiger partial charge on any atom is -0.234 e. The monoisotopic (exact) mass is 303 g/mol. The lowest BCUT2D eigenvalue weighted by atomic mass is 9.97. The highest BCUT2D eigenvalue weighted by Gasteiger charge is 2.13. The number of halogens is 1. The Hall–Kier alpha value is -2.56. The molecule has 0 saturated carbocycles. The smallest absolute Gasteiger partial charge is 0.145 e. The second-order valence-corrected chi connectivity index (χ2v) is 5.46. The van der Waals surface area contributed by atoms with Gasteiger partial charge in [0.25, 0.3) is 0 Å². The molecule has 0 amide bonds. The normalized spacial score (nSPS) is 10.2. The van der Waals surface area contributed by atoms with Crippen LogP contribution < -0.4 is 0 Å². The van der Waals surface area contributed by atoms with Crippen LogP contribution in [0.15, 0.2) is 60.7 Å². The zero-order chi connectivity index (χ0) is 15.5. The Morgan fingerprint density at radius 1 is 0.955 bits per heavy atom. The van der Waals surface area contributed by atoms with Gasteiger partial charge in [0.05, 0.1) is 11.3 Å². The molecule has 1 aromatic heterocycles. The lowest BCUT2D eigenvalue weighted by Crippen LogP contribution is -1.93. The Kier molecular flexibility index (Phi) is 3.96. The summed E-state index contributed by atoms with van der Waals surface area (Å²) in [4.78, 5) is 4.54. The van der Waals surface area contributed by atoms with Crippen molar-refractivity contribution < 1.29 is 0 Å². The SMILES string of the molecule is C#Cc1cc(-c2ccc(C)cc2)c(-c2ccccc2)nc1Cl. The van der Waals surface area contributed by atoms with Crippen molar-refractivity contribution >= 4 is 11.6 Å². The highest BCUT2D eigenvalue weighted by Crippen LogP contribution is 2.33. The molecule has 1 heterocycles. The third-order valence-corrected chi connectivity index (χ3v) is 3.83. The lowest BCUT2D eigenvalue weighted by molar-refractivity contribution is 1.31. The molecule has 0 fully saturated rings. The first-order chi connectivity index (χ1) is 10.7. The molecule has 22 heavy (non-hydrogen) atoms. The summed E-state index contributed by atoms with van der Waals surface area (Å²) in [6.07, 6.45) is 5.54. The van der Waals surface area contributed by atoms with Gasteiger partial charge >= 0.3 is 0 Å². The van der Waals surface area contributed by atoms with Crippen LogP contribution in [0.3, 0.4) is 0 Å². The number of rotatable bonds is 2. The van der Waals surface area contributed by atoms with Crippen molar-refractivity contribution in [2.45, 2.75) is 6.92 Å². The van der Waals surface area contributed by atoms with Crippen LogP contribution >= 0.6 is 11.6 Å². The summed E-state index contributed by atoms with van der Waals surface area (Å²) in [6.45, 7) is 2.06. The molecule has 0 aliphatic heterocycles. The van der Waals surface area contributed by atoms with Gasteiger partial charge in [0, 0.05) is 11.1 Å². The molecule has 0 radical (unpaired) electrons. The van der Waals surface area contributed by atoms with Crippen LogP contribution in [0.5, 0.6) is 0 Å². The lowest BCUT2D eigenvalue weighted by Gasteiger charge is -2.11. The van der Waals surface area contributed by atoms with Gasteiger partial charge in [-0.05, 0) is 18.6 Å². The highest BCUT2D eigenvalue weighted by molar-refractivity contribution is 6.30. The van der Waals surface area contributed by atoms with Gasteiger partial charge in [-0.3, -0.25) is 0 Å². The molecule has 0 unspecified atom stereocenters. The molecule has 0 saturated heterocycles. The van der Waals surface area contributed by atoms with Gasteiger partial charge in [0.15, 0.2) is 0 Å². The van der Waals surface area contributed by atoms with E-state index in [1.54, 1.807) is 0 Å². The Morgan fingerprint density at radius 2 is 1.64 bits per heavy atom. The first kappa shape index (κ1) is 14.4. The maximum atomic E-state index is 6.21. The number of nitrogens with zero attached hydrogens (tertiary/aromatic N) is 1. The molecule has 2 aromatic carbocycles. The summed E-state index contributed by atoms with van der Waals surface area (Å²) in [5, 5.41) is 0.359. The van der Waals surface area contributed by atoms with Crippen molar-refractivity contribution in [2.75, 3.05) is 0 Å². The summed E-state index contributed by atoms with van der Waals surface area (Å²) >= 11 is 6.21. The van der Waals surface area contributed by atoms with Gasteiger partial charge in [-0.1, -0.05) is 77.7 Å². The molecule has 0 N–H and O–H groups in total. The summed E-state index contributed by atoms with van der Waals surface area (Å²) in [7, 11) is 0. The third kappa shape index (κ3) is 2.74. The predicted molar refractivity (Wildman–Crippen MR) is 92.8 cm³/mol. The predicted octanol–water partition coefficient (Wildman–Crippen LogP) is 5.36. The third-order valence-electron chi connectivity index (χ3n) is 3.54. The summed E-state index contributed by atoms with van der Waals surface area (Å²) in [6, 6.07) is 20.2. The molecule has 0 bridgehead atoms. The van der Waals surface area contributed by atoms with Crippen LogP contribution in [0.1, 0.15) is 11.1 Å². The molecule has 3 aromatic rings. The number of pyridine rings is 1. The highest BCUT2D eigenvalue weighted by atomic mass is 35.5. The molecule has 2 heteroatoms. The first-order valence-electron chi connectivity index (χ1n) is 6.98. The molecule has 0 aliphatic rings. The van der Waals surface area contributed by atoms with Crippen molar-refractivity contribution in [1.29, 1.82) is 0 Å². The van der Waals surface area contributed by atoms with Crippen molar-refractivity contribution in [3.05, 3.63) is 76.9 Å². The van der Waals surface area contributed by atoms with E-state index >= 15 is 0 Å². The summed E-state index contributed by atoms with van der Waals surface area (Å²) in [5.41, 5.74) is 5.74. The fourth-order valence-corrected chi connectivity index (χ4v) is 2.55. The van der Waals surface area contributed by atoms with Gasteiger partial charge in [-0.2, -0.15) is 0 Å². The Morgan fingerprint density at radius 3 is 2.27 bits per heavy atom. The number of hydrogen-bond donors (Lipinski definition) is 0. The van der Waals surface area contributed by atoms with Crippen LogP contribution in [0.2, 0.25) is 5.15 Å². The van der Waals surface area contributed by atoms with Gasteiger partial charge in [-0.25, -0.2) is 4.98 Å². The number of aryl methyl sites for hydroxylation is 1. The zero-order valence-electron chi connectivity index (χ0n) is 12.2. The first-order valence-corrected chi connectivity index (χ1v) is 7.36. The number of aromatic nitrogens is 1. The average molecular weight is 304 g/mol. The number of hydrogen-bond acceptors (Lipinski definition) is 1. The van der Waals surface area contributed by atoms with Gasteiger partial charge in [0.2, 0.25) is 0 Å². The van der Waals surface area contributed by atoms with Crippen LogP contribution in [-0.2, 0) is 0 Å². The van der Waals surface area contributed by atoms with Gasteiger partial charge in [-0.15, -0.1) is 6.42 Å². The van der Waals surface area contributed by atoms with E-state index in [-0.39, 0.29) is 0 Å². The van der Waals surface area contributed by atoms with Crippen molar-refractivity contribution in [2.24, 2.45) is 0 Å². The topological polar surface area (TPSA) is 12.9 Å². The largest absolute Gasteiger partial charge is 0.234 e. The number of benzene rings is 2. The second kappa shape index (κ2) is 6.05.